The van der Waals surface area contributed by atoms with E-state index in [1.807, 2.05) is 0 Å². The maximum absolute atomic E-state index is 11.9. The van der Waals surface area contributed by atoms with Gasteiger partial charge in [0, 0.05) is 45.9 Å². The minimum absolute atomic E-state index is 0. The molecule has 1 rings (SSSR count). The van der Waals surface area contributed by atoms with Gasteiger partial charge in [0.25, 0.3) is 5.92 Å². The molecule has 90 valence electrons. The summed E-state index contributed by atoms with van der Waals surface area (Å²) in [6.45, 7) is 11.2. The Bertz CT molecular complexity index is 144. The molecule has 1 saturated carbocycles. The van der Waals surface area contributed by atoms with Crippen molar-refractivity contribution in [2.24, 2.45) is 5.92 Å². The zero-order valence-electron chi connectivity index (χ0n) is 8.57. The van der Waals surface area contributed by atoms with Gasteiger partial charge in [0.2, 0.25) is 0 Å². The van der Waals surface area contributed by atoms with Gasteiger partial charge in [-0.25, -0.2) is 8.78 Å². The van der Waals surface area contributed by atoms with Crippen LogP contribution in [0.4, 0.5) is 8.78 Å². The first-order valence-corrected chi connectivity index (χ1v) is 4.08. The smallest absolute Gasteiger partial charge is 0.251 e. The monoisotopic (exact) mass is 292 g/mol. The van der Waals surface area contributed by atoms with Crippen LogP contribution < -0.4 is 0 Å². The van der Waals surface area contributed by atoms with Gasteiger partial charge in [0.05, 0.1) is 0 Å². The second-order valence-electron chi connectivity index (χ2n) is 3.63. The van der Waals surface area contributed by atoms with Gasteiger partial charge < -0.3 is 12.5 Å². The first kappa shape index (κ1) is 20.1. The van der Waals surface area contributed by atoms with Crippen molar-refractivity contribution in [2.75, 3.05) is 0 Å². The molecule has 14 heavy (non-hydrogen) atoms. The van der Waals surface area contributed by atoms with E-state index in [1.165, 1.54) is 12.0 Å². The molecule has 0 aromatic rings. The van der Waals surface area contributed by atoms with Crippen molar-refractivity contribution >= 4 is 0 Å². The van der Waals surface area contributed by atoms with E-state index in [-0.39, 0.29) is 40.0 Å². The van der Waals surface area contributed by atoms with Gasteiger partial charge in [-0.2, -0.15) is 20.8 Å². The van der Waals surface area contributed by atoms with Crippen LogP contribution in [0.3, 0.4) is 0 Å². The maximum Gasteiger partial charge on any atom is 0.251 e. The number of rotatable bonds is 2. The molecule has 0 aliphatic heterocycles. The molecule has 0 aromatic heterocycles. The maximum atomic E-state index is 11.9. The molecule has 0 heterocycles. The van der Waals surface area contributed by atoms with Crippen molar-refractivity contribution in [1.29, 1.82) is 0 Å². The average Bonchev–Trinajstić information content (AvgIpc) is 2.38. The molecule has 1 unspecified atom stereocenters. The molecule has 1 atom stereocenters. The van der Waals surface area contributed by atoms with Crippen molar-refractivity contribution in [1.82, 2.24) is 0 Å². The zero-order valence-corrected chi connectivity index (χ0v) is 10.7. The second-order valence-corrected chi connectivity index (χ2v) is 3.63. The molecule has 0 nitrogen and oxygen atoms in total. The van der Waals surface area contributed by atoms with Crippen LogP contribution in [0.5, 0.6) is 0 Å². The molecule has 0 amide bonds. The van der Waals surface area contributed by atoms with Crippen LogP contribution in [0.25, 0.3) is 0 Å². The Morgan fingerprint density at radius 2 is 1.64 bits per heavy atom. The number of hydrogen-bond acceptors (Lipinski definition) is 0. The van der Waals surface area contributed by atoms with Crippen LogP contribution in [0.1, 0.15) is 33.6 Å². The Kier molecular flexibility index (Phi) is 12.7. The van der Waals surface area contributed by atoms with E-state index in [0.29, 0.717) is 6.42 Å². The van der Waals surface area contributed by atoms with Crippen LogP contribution in [-0.2, 0) is 33.6 Å². The van der Waals surface area contributed by atoms with Gasteiger partial charge in [0.1, 0.15) is 0 Å². The summed E-state index contributed by atoms with van der Waals surface area (Å²) in [6, 6.07) is 0. The molecule has 0 bridgehead atoms. The molecule has 0 N–H and O–H groups in total. The van der Waals surface area contributed by atoms with E-state index >= 15 is 0 Å². The van der Waals surface area contributed by atoms with Crippen LogP contribution in [-0.4, -0.2) is 5.92 Å². The van der Waals surface area contributed by atoms with Gasteiger partial charge in [-0.3, -0.25) is 6.08 Å². The van der Waals surface area contributed by atoms with Crippen LogP contribution >= 0.6 is 0 Å². The molecule has 0 spiro atoms. The van der Waals surface area contributed by atoms with E-state index in [2.05, 4.69) is 20.8 Å². The van der Waals surface area contributed by atoms with E-state index < -0.39 is 11.8 Å². The average molecular weight is 292 g/mol. The van der Waals surface area contributed by atoms with E-state index in [4.69, 9.17) is 6.58 Å². The molecule has 1 fully saturated rings. The van der Waals surface area contributed by atoms with Gasteiger partial charge in [-0.15, -0.1) is 0 Å². The van der Waals surface area contributed by atoms with E-state index in [9.17, 15) is 8.78 Å². The Balaban J connectivity index is -0.000000180. The zero-order chi connectivity index (χ0) is 9.78. The fourth-order valence-corrected chi connectivity index (χ4v) is 0.690. The third kappa shape index (κ3) is 10.7. The summed E-state index contributed by atoms with van der Waals surface area (Å²) < 4.78 is 23.8. The third-order valence-electron chi connectivity index (χ3n) is 1.38. The molecule has 1 aliphatic rings. The number of alkyl halides is 2. The minimum Gasteiger partial charge on any atom is -0.518 e. The molecular formula is C10H16Co2F2-2. The van der Waals surface area contributed by atoms with Crippen molar-refractivity contribution in [3.05, 3.63) is 18.6 Å². The van der Waals surface area contributed by atoms with Gasteiger partial charge in [-0.05, 0) is 0 Å². The molecule has 0 aromatic carbocycles. The topological polar surface area (TPSA) is 0 Å². The number of allylic oxidation sites excluding steroid dienone is 1. The fourth-order valence-electron chi connectivity index (χ4n) is 0.690. The van der Waals surface area contributed by atoms with Crippen molar-refractivity contribution in [2.45, 2.75) is 39.5 Å². The van der Waals surface area contributed by atoms with Crippen LogP contribution in [0.15, 0.2) is 6.08 Å². The van der Waals surface area contributed by atoms with Crippen LogP contribution in [0.2, 0.25) is 0 Å². The van der Waals surface area contributed by atoms with E-state index in [0.717, 1.165) is 0 Å². The Morgan fingerprint density at radius 3 is 1.71 bits per heavy atom. The standard InChI is InChI=1S/C6H7F2.C4H9.2Co/c1-2-3-5-4-6(5,7)8;1-4(2)3;;/h1-2,5H,3-4H2;1-3H3;;/q2*-1;;. The molecular weight excluding hydrogens is 276 g/mol. The normalized spacial score (nSPS) is 20.9. The predicted octanol–water partition coefficient (Wildman–Crippen LogP) is 3.64. The summed E-state index contributed by atoms with van der Waals surface area (Å²) in [7, 11) is 0. The minimum atomic E-state index is -2.39. The first-order chi connectivity index (χ1) is 5.40. The predicted molar refractivity (Wildman–Crippen MR) is 46.8 cm³/mol. The molecule has 4 heteroatoms. The van der Waals surface area contributed by atoms with Gasteiger partial charge >= 0.3 is 0 Å². The number of halogens is 2. The summed E-state index contributed by atoms with van der Waals surface area (Å²) in [5, 5.41) is 0. The Hall–Kier alpha value is 0.613. The summed E-state index contributed by atoms with van der Waals surface area (Å²) in [6.07, 6.45) is 1.68. The van der Waals surface area contributed by atoms with Gasteiger partial charge in [-0.1, -0.05) is 6.42 Å². The summed E-state index contributed by atoms with van der Waals surface area (Å²) in [5.74, 6) is -1.43. The second kappa shape index (κ2) is 8.88. The quantitative estimate of drug-likeness (QED) is 0.682. The fraction of sp³-hybridized carbons (Fsp3) is 0.700. The Morgan fingerprint density at radius 1 is 1.36 bits per heavy atom. The summed E-state index contributed by atoms with van der Waals surface area (Å²) in [5.41, 5.74) is 0. The van der Waals surface area contributed by atoms with Gasteiger partial charge in [0.15, 0.2) is 0 Å². The van der Waals surface area contributed by atoms with Crippen molar-refractivity contribution in [3.8, 4) is 0 Å². The van der Waals surface area contributed by atoms with Crippen molar-refractivity contribution in [3.63, 3.8) is 0 Å². The van der Waals surface area contributed by atoms with Crippen LogP contribution in [0, 0.1) is 18.4 Å². The molecule has 1 aliphatic carbocycles. The third-order valence-corrected chi connectivity index (χ3v) is 1.38. The summed E-state index contributed by atoms with van der Waals surface area (Å²) in [4.78, 5) is 0. The van der Waals surface area contributed by atoms with Crippen molar-refractivity contribution < 1.29 is 42.3 Å². The molecule has 2 radical (unpaired) electrons. The largest absolute Gasteiger partial charge is 0.518 e. The first-order valence-electron chi connectivity index (χ1n) is 4.08. The Labute approximate surface area is 106 Å². The molecule has 0 saturated heterocycles. The SMILES string of the molecule is C[C-](C)C.[CH-]=CCC1CC1(F)F.[Co].[Co]. The number of hydrogen-bond donors (Lipinski definition) is 0. The van der Waals surface area contributed by atoms with E-state index in [1.54, 1.807) is 0 Å². The summed E-state index contributed by atoms with van der Waals surface area (Å²) >= 11 is 0.